The molecule has 0 atom stereocenters. The summed E-state index contributed by atoms with van der Waals surface area (Å²) in [6.07, 6.45) is 1.18. The molecule has 3 rings (SSSR count). The third kappa shape index (κ3) is 4.68. The highest BCUT2D eigenvalue weighted by atomic mass is 32.2. The van der Waals surface area contributed by atoms with E-state index in [1.807, 2.05) is 0 Å². The molecular weight excluding hydrogens is 393 g/mol. The van der Waals surface area contributed by atoms with Gasteiger partial charge >= 0.3 is 6.18 Å². The number of benzene rings is 1. The number of rotatable bonds is 4. The highest BCUT2D eigenvalue weighted by molar-refractivity contribution is 7.89. The van der Waals surface area contributed by atoms with Crippen molar-refractivity contribution in [2.24, 2.45) is 5.92 Å². The van der Waals surface area contributed by atoms with Gasteiger partial charge in [-0.1, -0.05) is 31.4 Å². The Hall–Kier alpha value is -1.61. The van der Waals surface area contributed by atoms with Crippen molar-refractivity contribution in [3.8, 4) is 0 Å². The smallest absolute Gasteiger partial charge is 0.353 e. The van der Waals surface area contributed by atoms with Crippen LogP contribution in [0, 0.1) is 5.92 Å². The number of amides is 1. The van der Waals surface area contributed by atoms with Crippen LogP contribution >= 0.6 is 0 Å². The van der Waals surface area contributed by atoms with Crippen molar-refractivity contribution in [1.29, 1.82) is 0 Å². The summed E-state index contributed by atoms with van der Waals surface area (Å²) in [5.74, 6) is -0.370. The van der Waals surface area contributed by atoms with Crippen molar-refractivity contribution < 1.29 is 26.4 Å². The second-order valence-corrected chi connectivity index (χ2v) is 9.42. The van der Waals surface area contributed by atoms with Gasteiger partial charge in [-0.15, -0.1) is 0 Å². The second-order valence-electron chi connectivity index (χ2n) is 7.52. The third-order valence-corrected chi connectivity index (χ3v) is 7.54. The van der Waals surface area contributed by atoms with Crippen LogP contribution in [0.4, 0.5) is 13.2 Å². The molecule has 2 fully saturated rings. The zero-order valence-corrected chi connectivity index (χ0v) is 16.4. The Kier molecular flexibility index (Phi) is 6.34. The summed E-state index contributed by atoms with van der Waals surface area (Å²) >= 11 is 0. The number of alkyl halides is 3. The van der Waals surface area contributed by atoms with E-state index in [0.29, 0.717) is 12.8 Å². The number of hydrogen-bond donors (Lipinski definition) is 1. The fraction of sp³-hybridized carbons (Fsp3) is 0.632. The molecule has 5 nitrogen and oxygen atoms in total. The SMILES string of the molecule is O=C(NC1CCCCC1)C1CCN(S(=O)(=O)c2ccccc2C(F)(F)F)CC1. The first-order valence-corrected chi connectivity index (χ1v) is 11.1. The molecule has 0 bridgehead atoms. The standard InChI is InChI=1S/C19H25F3N2O3S/c20-19(21,22)16-8-4-5-9-17(16)28(26,27)24-12-10-14(11-13-24)18(25)23-15-6-2-1-3-7-15/h4-5,8-9,14-15H,1-3,6-7,10-13H2,(H,23,25). The lowest BCUT2D eigenvalue weighted by molar-refractivity contribution is -0.139. The first-order chi connectivity index (χ1) is 13.2. The number of hydrogen-bond acceptors (Lipinski definition) is 3. The zero-order valence-electron chi connectivity index (χ0n) is 15.5. The predicted molar refractivity (Wildman–Crippen MR) is 97.9 cm³/mol. The van der Waals surface area contributed by atoms with Gasteiger partial charge in [0.1, 0.15) is 0 Å². The van der Waals surface area contributed by atoms with Crippen molar-refractivity contribution in [2.45, 2.75) is 62.1 Å². The number of carbonyl (C=O) groups excluding carboxylic acids is 1. The molecule has 1 aliphatic carbocycles. The van der Waals surface area contributed by atoms with Gasteiger partial charge in [0.05, 0.1) is 10.5 Å². The second kappa shape index (κ2) is 8.41. The lowest BCUT2D eigenvalue weighted by Crippen LogP contribution is -2.45. The molecule has 9 heteroatoms. The van der Waals surface area contributed by atoms with E-state index in [0.717, 1.165) is 42.1 Å². The number of nitrogens with zero attached hydrogens (tertiary/aromatic N) is 1. The molecule has 0 aromatic heterocycles. The maximum absolute atomic E-state index is 13.2. The summed E-state index contributed by atoms with van der Waals surface area (Å²) in [7, 11) is -4.27. The molecule has 1 heterocycles. The van der Waals surface area contributed by atoms with E-state index in [1.54, 1.807) is 0 Å². The molecule has 1 amide bonds. The van der Waals surface area contributed by atoms with Gasteiger partial charge < -0.3 is 5.32 Å². The molecule has 0 unspecified atom stereocenters. The number of piperidine rings is 1. The summed E-state index contributed by atoms with van der Waals surface area (Å²) < 4.78 is 66.2. The topological polar surface area (TPSA) is 66.5 Å². The van der Waals surface area contributed by atoms with Crippen molar-refractivity contribution in [1.82, 2.24) is 9.62 Å². The number of carbonyl (C=O) groups is 1. The van der Waals surface area contributed by atoms with Gasteiger partial charge in [-0.3, -0.25) is 4.79 Å². The normalized spacial score (nSPS) is 20.8. The van der Waals surface area contributed by atoms with E-state index in [2.05, 4.69) is 5.32 Å². The first kappa shape index (κ1) is 21.1. The average molecular weight is 418 g/mol. The molecule has 156 valence electrons. The van der Waals surface area contributed by atoms with Crippen LogP contribution in [0.3, 0.4) is 0 Å². The van der Waals surface area contributed by atoms with E-state index in [1.165, 1.54) is 18.6 Å². The van der Waals surface area contributed by atoms with Crippen molar-refractivity contribution in [3.63, 3.8) is 0 Å². The van der Waals surface area contributed by atoms with Crippen molar-refractivity contribution >= 4 is 15.9 Å². The Labute approximate surface area is 163 Å². The van der Waals surface area contributed by atoms with E-state index in [4.69, 9.17) is 0 Å². The van der Waals surface area contributed by atoms with Crippen LogP contribution in [0.1, 0.15) is 50.5 Å². The van der Waals surface area contributed by atoms with Crippen LogP contribution in [0.15, 0.2) is 29.2 Å². The van der Waals surface area contributed by atoms with E-state index in [-0.39, 0.29) is 31.0 Å². The van der Waals surface area contributed by atoms with Gasteiger partial charge in [-0.2, -0.15) is 17.5 Å². The lowest BCUT2D eigenvalue weighted by atomic mass is 9.93. The van der Waals surface area contributed by atoms with Crippen molar-refractivity contribution in [3.05, 3.63) is 29.8 Å². The maximum atomic E-state index is 13.2. The van der Waals surface area contributed by atoms with Gasteiger partial charge in [0.15, 0.2) is 0 Å². The fourth-order valence-corrected chi connectivity index (χ4v) is 5.67. The minimum atomic E-state index is -4.75. The molecule has 0 radical (unpaired) electrons. The van der Waals surface area contributed by atoms with Crippen LogP contribution in [0.2, 0.25) is 0 Å². The Morgan fingerprint density at radius 1 is 1.00 bits per heavy atom. The average Bonchev–Trinajstić information content (AvgIpc) is 2.68. The molecule has 1 aliphatic heterocycles. The highest BCUT2D eigenvalue weighted by Crippen LogP contribution is 2.36. The van der Waals surface area contributed by atoms with Gasteiger partial charge in [-0.25, -0.2) is 8.42 Å². The Balaban J connectivity index is 1.65. The summed E-state index contributed by atoms with van der Waals surface area (Å²) in [4.78, 5) is 11.7. The molecule has 1 N–H and O–H groups in total. The van der Waals surface area contributed by atoms with Crippen LogP contribution in [0.25, 0.3) is 0 Å². The van der Waals surface area contributed by atoms with Gasteiger partial charge in [0, 0.05) is 25.0 Å². The molecule has 1 aromatic carbocycles. The lowest BCUT2D eigenvalue weighted by Gasteiger charge is -2.32. The predicted octanol–water partition coefficient (Wildman–Crippen LogP) is 3.56. The van der Waals surface area contributed by atoms with Gasteiger partial charge in [0.25, 0.3) is 0 Å². The van der Waals surface area contributed by atoms with E-state index in [9.17, 15) is 26.4 Å². The Bertz CT molecular complexity index is 797. The highest BCUT2D eigenvalue weighted by Gasteiger charge is 2.40. The van der Waals surface area contributed by atoms with Gasteiger partial charge in [-0.05, 0) is 37.8 Å². The molecule has 28 heavy (non-hydrogen) atoms. The van der Waals surface area contributed by atoms with Crippen LogP contribution < -0.4 is 5.32 Å². The number of halogens is 3. The summed E-state index contributed by atoms with van der Waals surface area (Å²) in [5, 5.41) is 3.05. The maximum Gasteiger partial charge on any atom is 0.417 e. The molecule has 0 spiro atoms. The fourth-order valence-electron chi connectivity index (χ4n) is 3.99. The minimum absolute atomic E-state index is 0.0390. The number of sulfonamides is 1. The summed E-state index contributed by atoms with van der Waals surface area (Å²) in [6, 6.07) is 4.40. The molecular formula is C19H25F3N2O3S. The Morgan fingerprint density at radius 3 is 2.21 bits per heavy atom. The quantitative estimate of drug-likeness (QED) is 0.813. The minimum Gasteiger partial charge on any atom is -0.353 e. The molecule has 2 aliphatic rings. The van der Waals surface area contributed by atoms with E-state index >= 15 is 0 Å². The van der Waals surface area contributed by atoms with Crippen LogP contribution in [-0.2, 0) is 21.0 Å². The van der Waals surface area contributed by atoms with E-state index < -0.39 is 26.7 Å². The zero-order chi connectivity index (χ0) is 20.4. The van der Waals surface area contributed by atoms with Crippen LogP contribution in [0.5, 0.6) is 0 Å². The van der Waals surface area contributed by atoms with Crippen LogP contribution in [-0.4, -0.2) is 37.8 Å². The molecule has 1 aromatic rings. The first-order valence-electron chi connectivity index (χ1n) is 9.66. The Morgan fingerprint density at radius 2 is 1.61 bits per heavy atom. The number of nitrogens with one attached hydrogen (secondary N) is 1. The largest absolute Gasteiger partial charge is 0.417 e. The monoisotopic (exact) mass is 418 g/mol. The van der Waals surface area contributed by atoms with Crippen molar-refractivity contribution in [2.75, 3.05) is 13.1 Å². The third-order valence-electron chi connectivity index (χ3n) is 5.59. The molecule has 1 saturated heterocycles. The molecule has 1 saturated carbocycles. The summed E-state index contributed by atoms with van der Waals surface area (Å²) in [5.41, 5.74) is -1.16. The summed E-state index contributed by atoms with van der Waals surface area (Å²) in [6.45, 7) is 0.0779. The van der Waals surface area contributed by atoms with Gasteiger partial charge in [0.2, 0.25) is 15.9 Å².